The van der Waals surface area contributed by atoms with E-state index in [0.717, 1.165) is 12.0 Å². The molecular formula is C16H14FN3O. The molecule has 0 radical (unpaired) electrons. The van der Waals surface area contributed by atoms with Gasteiger partial charge >= 0.3 is 0 Å². The first-order chi connectivity index (χ1) is 10.2. The van der Waals surface area contributed by atoms with Crippen molar-refractivity contribution in [3.05, 3.63) is 53.8 Å². The predicted molar refractivity (Wildman–Crippen MR) is 78.9 cm³/mol. The Bertz CT molecular complexity index is 765. The summed E-state index contributed by atoms with van der Waals surface area (Å²) < 4.78 is 18.9. The van der Waals surface area contributed by atoms with Crippen molar-refractivity contribution in [2.45, 2.75) is 13.3 Å². The fourth-order valence-electron chi connectivity index (χ4n) is 2.05. The van der Waals surface area contributed by atoms with E-state index in [4.69, 9.17) is 10.3 Å². The van der Waals surface area contributed by atoms with Crippen LogP contribution in [0, 0.1) is 5.82 Å². The van der Waals surface area contributed by atoms with E-state index in [1.807, 2.05) is 24.3 Å². The molecule has 0 bridgehead atoms. The maximum atomic E-state index is 13.8. The first-order valence-electron chi connectivity index (χ1n) is 6.66. The van der Waals surface area contributed by atoms with Gasteiger partial charge in [-0.3, -0.25) is 0 Å². The highest BCUT2D eigenvalue weighted by atomic mass is 19.1. The molecule has 106 valence electrons. The molecule has 1 heterocycles. The maximum Gasteiger partial charge on any atom is 0.261 e. The Morgan fingerprint density at radius 2 is 1.90 bits per heavy atom. The van der Waals surface area contributed by atoms with Crippen LogP contribution in [-0.2, 0) is 6.42 Å². The monoisotopic (exact) mass is 283 g/mol. The molecule has 0 aliphatic rings. The second-order valence-electron chi connectivity index (χ2n) is 4.71. The Balaban J connectivity index is 1.97. The van der Waals surface area contributed by atoms with Gasteiger partial charge in [-0.2, -0.15) is 4.98 Å². The second kappa shape index (κ2) is 5.36. The largest absolute Gasteiger partial charge is 0.399 e. The molecule has 0 saturated carbocycles. The number of benzene rings is 2. The highest BCUT2D eigenvalue weighted by molar-refractivity contribution is 5.63. The Morgan fingerprint density at radius 3 is 2.62 bits per heavy atom. The number of aromatic nitrogens is 2. The molecule has 3 aromatic rings. The number of halogens is 1. The molecule has 0 fully saturated rings. The van der Waals surface area contributed by atoms with Crippen LogP contribution in [0.1, 0.15) is 12.5 Å². The van der Waals surface area contributed by atoms with Crippen molar-refractivity contribution >= 4 is 5.69 Å². The van der Waals surface area contributed by atoms with E-state index in [-0.39, 0.29) is 11.5 Å². The summed E-state index contributed by atoms with van der Waals surface area (Å²) in [4.78, 5) is 4.23. The number of rotatable bonds is 3. The Kier molecular flexibility index (Phi) is 3.39. The summed E-state index contributed by atoms with van der Waals surface area (Å²) in [6.07, 6.45) is 0.965. The fourth-order valence-corrected chi connectivity index (χ4v) is 2.05. The van der Waals surface area contributed by atoms with Crippen molar-refractivity contribution in [1.29, 1.82) is 0 Å². The third kappa shape index (κ3) is 2.63. The van der Waals surface area contributed by atoms with Crippen molar-refractivity contribution in [2.24, 2.45) is 0 Å². The summed E-state index contributed by atoms with van der Waals surface area (Å²) in [5.41, 5.74) is 8.36. The third-order valence-corrected chi connectivity index (χ3v) is 3.27. The van der Waals surface area contributed by atoms with E-state index >= 15 is 0 Å². The average molecular weight is 283 g/mol. The van der Waals surface area contributed by atoms with Gasteiger partial charge in [0.05, 0.1) is 5.56 Å². The quantitative estimate of drug-likeness (QED) is 0.744. The van der Waals surface area contributed by atoms with Crippen molar-refractivity contribution < 1.29 is 8.91 Å². The smallest absolute Gasteiger partial charge is 0.261 e. The summed E-state index contributed by atoms with van der Waals surface area (Å²) in [6.45, 7) is 2.09. The lowest BCUT2D eigenvalue weighted by Gasteiger charge is -1.99. The van der Waals surface area contributed by atoms with Crippen LogP contribution in [0.25, 0.3) is 22.8 Å². The summed E-state index contributed by atoms with van der Waals surface area (Å²) in [6, 6.07) is 12.1. The third-order valence-electron chi connectivity index (χ3n) is 3.27. The van der Waals surface area contributed by atoms with E-state index in [1.165, 1.54) is 23.8 Å². The first-order valence-corrected chi connectivity index (χ1v) is 6.66. The van der Waals surface area contributed by atoms with Gasteiger partial charge in [0.1, 0.15) is 5.82 Å². The lowest BCUT2D eigenvalue weighted by atomic mass is 10.1. The van der Waals surface area contributed by atoms with Gasteiger partial charge < -0.3 is 10.3 Å². The van der Waals surface area contributed by atoms with Gasteiger partial charge in [-0.15, -0.1) is 0 Å². The van der Waals surface area contributed by atoms with Gasteiger partial charge in [0, 0.05) is 11.3 Å². The predicted octanol–water partition coefficient (Wildman–Crippen LogP) is 3.69. The topological polar surface area (TPSA) is 64.9 Å². The molecule has 0 aliphatic heterocycles. The standard InChI is InChI=1S/C16H14FN3O/c1-2-10-3-5-11(6-4-10)15-19-16(21-20-15)13-9-12(18)7-8-14(13)17/h3-9H,2,18H2,1H3. The lowest BCUT2D eigenvalue weighted by Crippen LogP contribution is -1.90. The summed E-state index contributed by atoms with van der Waals surface area (Å²) >= 11 is 0. The SMILES string of the molecule is CCc1ccc(-c2noc(-c3cc(N)ccc3F)n2)cc1. The molecule has 0 amide bonds. The van der Waals surface area contributed by atoms with E-state index in [0.29, 0.717) is 11.5 Å². The van der Waals surface area contributed by atoms with Crippen LogP contribution in [0.5, 0.6) is 0 Å². The van der Waals surface area contributed by atoms with E-state index < -0.39 is 5.82 Å². The number of nitrogen functional groups attached to an aromatic ring is 1. The second-order valence-corrected chi connectivity index (χ2v) is 4.71. The van der Waals surface area contributed by atoms with Crippen molar-refractivity contribution in [3.63, 3.8) is 0 Å². The van der Waals surface area contributed by atoms with E-state index in [2.05, 4.69) is 17.1 Å². The normalized spacial score (nSPS) is 10.8. The fraction of sp³-hybridized carbons (Fsp3) is 0.125. The van der Waals surface area contributed by atoms with Gasteiger partial charge in [-0.05, 0) is 30.2 Å². The number of nitrogens with zero attached hydrogens (tertiary/aromatic N) is 2. The Hall–Kier alpha value is -2.69. The Labute approximate surface area is 121 Å². The summed E-state index contributed by atoms with van der Waals surface area (Å²) in [5.74, 6) is 0.101. The minimum absolute atomic E-state index is 0.120. The zero-order chi connectivity index (χ0) is 14.8. The molecule has 3 rings (SSSR count). The number of aryl methyl sites for hydroxylation is 1. The van der Waals surface area contributed by atoms with Crippen LogP contribution in [-0.4, -0.2) is 10.1 Å². The summed E-state index contributed by atoms with van der Waals surface area (Å²) in [7, 11) is 0. The highest BCUT2D eigenvalue weighted by Gasteiger charge is 2.14. The zero-order valence-electron chi connectivity index (χ0n) is 11.5. The number of hydrogen-bond donors (Lipinski definition) is 1. The van der Waals surface area contributed by atoms with E-state index in [1.54, 1.807) is 0 Å². The van der Waals surface area contributed by atoms with Crippen LogP contribution < -0.4 is 5.73 Å². The van der Waals surface area contributed by atoms with Crippen molar-refractivity contribution in [1.82, 2.24) is 10.1 Å². The first kappa shape index (κ1) is 13.3. The molecule has 0 aliphatic carbocycles. The van der Waals surface area contributed by atoms with E-state index in [9.17, 15) is 4.39 Å². The van der Waals surface area contributed by atoms with Gasteiger partial charge in [0.15, 0.2) is 0 Å². The molecule has 21 heavy (non-hydrogen) atoms. The van der Waals surface area contributed by atoms with Crippen LogP contribution in [0.3, 0.4) is 0 Å². The molecule has 1 aromatic heterocycles. The van der Waals surface area contributed by atoms with Crippen LogP contribution in [0.15, 0.2) is 47.0 Å². The molecular weight excluding hydrogens is 269 g/mol. The minimum atomic E-state index is -0.444. The maximum absolute atomic E-state index is 13.8. The van der Waals surface area contributed by atoms with Gasteiger partial charge in [0.2, 0.25) is 5.82 Å². The van der Waals surface area contributed by atoms with Crippen LogP contribution in [0.4, 0.5) is 10.1 Å². The van der Waals surface area contributed by atoms with Gasteiger partial charge in [-0.25, -0.2) is 4.39 Å². The lowest BCUT2D eigenvalue weighted by molar-refractivity contribution is 0.429. The molecule has 2 N–H and O–H groups in total. The van der Waals surface area contributed by atoms with Crippen LogP contribution >= 0.6 is 0 Å². The van der Waals surface area contributed by atoms with Gasteiger partial charge in [-0.1, -0.05) is 36.3 Å². The molecule has 0 unspecified atom stereocenters. The molecule has 0 spiro atoms. The number of nitrogens with two attached hydrogens (primary N) is 1. The highest BCUT2D eigenvalue weighted by Crippen LogP contribution is 2.26. The van der Waals surface area contributed by atoms with Crippen molar-refractivity contribution in [3.8, 4) is 22.8 Å². The number of anilines is 1. The minimum Gasteiger partial charge on any atom is -0.399 e. The molecule has 4 nitrogen and oxygen atoms in total. The molecule has 0 saturated heterocycles. The summed E-state index contributed by atoms with van der Waals surface area (Å²) in [5, 5.41) is 3.90. The average Bonchev–Trinajstić information content (AvgIpc) is 2.99. The molecule has 2 aromatic carbocycles. The van der Waals surface area contributed by atoms with Gasteiger partial charge in [0.25, 0.3) is 5.89 Å². The number of hydrogen-bond acceptors (Lipinski definition) is 4. The molecule has 0 atom stereocenters. The van der Waals surface area contributed by atoms with Crippen LogP contribution in [0.2, 0.25) is 0 Å². The Morgan fingerprint density at radius 1 is 1.14 bits per heavy atom. The zero-order valence-corrected chi connectivity index (χ0v) is 11.5. The van der Waals surface area contributed by atoms with Crippen molar-refractivity contribution in [2.75, 3.05) is 5.73 Å². The molecule has 5 heteroatoms.